The lowest BCUT2D eigenvalue weighted by Gasteiger charge is -2.32. The highest BCUT2D eigenvalue weighted by Crippen LogP contribution is 2.55. The number of carboxylic acid groups (broad SMARTS) is 1. The van der Waals surface area contributed by atoms with E-state index in [0.717, 1.165) is 14.7 Å². The van der Waals surface area contributed by atoms with E-state index in [1.54, 1.807) is 30.3 Å². The first-order valence-corrected chi connectivity index (χ1v) is 12.5. The maximum atomic E-state index is 12.0. The summed E-state index contributed by atoms with van der Waals surface area (Å²) in [5.74, 6) is -0.283. The minimum absolute atomic E-state index is 0.0810. The number of hydrogen-bond acceptors (Lipinski definition) is 4. The van der Waals surface area contributed by atoms with Gasteiger partial charge in [0.25, 0.3) is 0 Å². The smallest absolute Gasteiger partial charge is 0.335 e. The van der Waals surface area contributed by atoms with Gasteiger partial charge in [-0.15, -0.1) is 0 Å². The van der Waals surface area contributed by atoms with Gasteiger partial charge in [0, 0.05) is 20.6 Å². The van der Waals surface area contributed by atoms with E-state index in [-0.39, 0.29) is 17.1 Å². The molecule has 3 N–H and O–H groups in total. The number of phenols is 2. The van der Waals surface area contributed by atoms with E-state index >= 15 is 0 Å². The van der Waals surface area contributed by atoms with Crippen molar-refractivity contribution in [1.29, 1.82) is 0 Å². The van der Waals surface area contributed by atoms with E-state index in [1.807, 2.05) is 51.2 Å². The first-order valence-electron chi connectivity index (χ1n) is 8.14. The standard InChI is InChI=1S/C20H10I4O5/c21-13-10(25)6-5-9-11(7-3-1-2-4-8(7)20(27)28)12-14(22)15(23)17(26)16(24)19(12)29-18(9)13/h1-6,11,25-26H,(H,27,28). The van der Waals surface area contributed by atoms with Crippen LogP contribution in [-0.2, 0) is 0 Å². The van der Waals surface area contributed by atoms with Crippen molar-refractivity contribution in [2.24, 2.45) is 0 Å². The zero-order chi connectivity index (χ0) is 21.0. The summed E-state index contributed by atoms with van der Waals surface area (Å²) < 4.78 is 8.76. The van der Waals surface area contributed by atoms with Crippen LogP contribution in [0.25, 0.3) is 0 Å². The SMILES string of the molecule is O=C(O)c1ccccc1C1c2ccc(O)c(I)c2Oc2c(I)c(O)c(I)c(I)c21. The minimum atomic E-state index is -1.01. The average molecular weight is 838 g/mol. The summed E-state index contributed by atoms with van der Waals surface area (Å²) in [7, 11) is 0. The molecule has 0 aliphatic carbocycles. The van der Waals surface area contributed by atoms with Crippen LogP contribution in [0.1, 0.15) is 33.0 Å². The van der Waals surface area contributed by atoms with Crippen LogP contribution in [0.2, 0.25) is 0 Å². The third kappa shape index (κ3) is 3.48. The van der Waals surface area contributed by atoms with E-state index in [1.165, 1.54) is 0 Å². The van der Waals surface area contributed by atoms with Crippen molar-refractivity contribution in [3.63, 3.8) is 0 Å². The number of carbonyl (C=O) groups is 1. The van der Waals surface area contributed by atoms with Crippen molar-refractivity contribution < 1.29 is 24.9 Å². The number of phenolic OH excluding ortho intramolecular Hbond substituents is 2. The van der Waals surface area contributed by atoms with Crippen LogP contribution >= 0.6 is 90.4 Å². The molecule has 3 aromatic rings. The summed E-state index contributed by atoms with van der Waals surface area (Å²) in [4.78, 5) is 12.0. The van der Waals surface area contributed by atoms with E-state index < -0.39 is 11.9 Å². The van der Waals surface area contributed by atoms with Crippen LogP contribution in [0.3, 0.4) is 0 Å². The zero-order valence-electron chi connectivity index (χ0n) is 14.2. The van der Waals surface area contributed by atoms with Crippen molar-refractivity contribution in [3.8, 4) is 23.0 Å². The van der Waals surface area contributed by atoms with Crippen LogP contribution in [0.15, 0.2) is 36.4 Å². The van der Waals surface area contributed by atoms with E-state index in [4.69, 9.17) is 4.74 Å². The Bertz CT molecular complexity index is 1190. The van der Waals surface area contributed by atoms with Crippen molar-refractivity contribution in [1.82, 2.24) is 0 Å². The molecule has 9 heteroatoms. The predicted molar refractivity (Wildman–Crippen MR) is 142 cm³/mol. The van der Waals surface area contributed by atoms with E-state index in [2.05, 4.69) is 45.2 Å². The molecule has 0 amide bonds. The summed E-state index contributed by atoms with van der Waals surface area (Å²) in [6.07, 6.45) is 0. The number of hydrogen-bond donors (Lipinski definition) is 3. The van der Waals surface area contributed by atoms with Gasteiger partial charge in [-0.05, 0) is 108 Å². The summed E-state index contributed by atoms with van der Waals surface area (Å²) in [5, 5.41) is 30.6. The van der Waals surface area contributed by atoms with Gasteiger partial charge in [0.15, 0.2) is 0 Å². The fourth-order valence-electron chi connectivity index (χ4n) is 3.42. The monoisotopic (exact) mass is 838 g/mol. The molecule has 148 valence electrons. The molecule has 1 aliphatic rings. The molecular weight excluding hydrogens is 828 g/mol. The summed E-state index contributed by atoms with van der Waals surface area (Å²) in [5.41, 5.74) is 2.40. The number of ether oxygens (including phenoxy) is 1. The first kappa shape index (κ1) is 21.7. The van der Waals surface area contributed by atoms with Gasteiger partial charge in [0.1, 0.15) is 23.0 Å². The molecule has 0 saturated heterocycles. The number of benzene rings is 3. The molecule has 4 rings (SSSR count). The van der Waals surface area contributed by atoms with Crippen molar-refractivity contribution in [3.05, 3.63) is 72.9 Å². The van der Waals surface area contributed by atoms with Gasteiger partial charge in [-0.25, -0.2) is 4.79 Å². The highest BCUT2D eigenvalue weighted by atomic mass is 127. The Morgan fingerprint density at radius 3 is 2.21 bits per heavy atom. The Morgan fingerprint density at radius 1 is 0.828 bits per heavy atom. The Balaban J connectivity index is 2.15. The van der Waals surface area contributed by atoms with Gasteiger partial charge in [0.2, 0.25) is 0 Å². The second kappa shape index (κ2) is 8.18. The van der Waals surface area contributed by atoms with Gasteiger partial charge >= 0.3 is 5.97 Å². The van der Waals surface area contributed by atoms with Crippen LogP contribution in [-0.4, -0.2) is 21.3 Å². The van der Waals surface area contributed by atoms with Crippen LogP contribution < -0.4 is 4.74 Å². The first-order chi connectivity index (χ1) is 13.7. The Hall–Kier alpha value is -0.550. The number of aromatic hydroxyl groups is 2. The van der Waals surface area contributed by atoms with Crippen molar-refractivity contribution in [2.45, 2.75) is 5.92 Å². The third-order valence-corrected chi connectivity index (χ3v) is 9.95. The lowest BCUT2D eigenvalue weighted by atomic mass is 9.80. The molecule has 0 saturated carbocycles. The van der Waals surface area contributed by atoms with E-state index in [0.29, 0.717) is 27.8 Å². The second-order valence-electron chi connectivity index (χ2n) is 6.28. The molecule has 0 fully saturated rings. The van der Waals surface area contributed by atoms with Crippen LogP contribution in [0, 0.1) is 14.3 Å². The average Bonchev–Trinajstić information content (AvgIpc) is 2.72. The predicted octanol–water partition coefficient (Wildman–Crippen LogP) is 6.50. The lowest BCUT2D eigenvalue weighted by molar-refractivity contribution is 0.0695. The number of rotatable bonds is 2. The summed E-state index contributed by atoms with van der Waals surface area (Å²) >= 11 is 8.30. The number of aromatic carboxylic acids is 1. The third-order valence-electron chi connectivity index (χ3n) is 4.70. The van der Waals surface area contributed by atoms with E-state index in [9.17, 15) is 20.1 Å². The number of carboxylic acids is 1. The molecular formula is C20H10I4O5. The molecule has 0 spiro atoms. The number of fused-ring (bicyclic) bond motifs is 2. The largest absolute Gasteiger partial charge is 0.507 e. The topological polar surface area (TPSA) is 87.0 Å². The molecule has 0 radical (unpaired) electrons. The van der Waals surface area contributed by atoms with Crippen molar-refractivity contribution >= 4 is 96.3 Å². The maximum absolute atomic E-state index is 12.0. The number of halogens is 4. The zero-order valence-corrected chi connectivity index (χ0v) is 22.8. The second-order valence-corrected chi connectivity index (χ2v) is 10.6. The van der Waals surface area contributed by atoms with Crippen molar-refractivity contribution in [2.75, 3.05) is 0 Å². The fraction of sp³-hybridized carbons (Fsp3) is 0.0500. The maximum Gasteiger partial charge on any atom is 0.335 e. The lowest BCUT2D eigenvalue weighted by Crippen LogP contribution is -2.18. The molecule has 1 heterocycles. The quantitative estimate of drug-likeness (QED) is 0.159. The Morgan fingerprint density at radius 2 is 1.52 bits per heavy atom. The highest BCUT2D eigenvalue weighted by Gasteiger charge is 2.37. The Labute approximate surface area is 220 Å². The molecule has 0 aromatic heterocycles. The fourth-order valence-corrected chi connectivity index (χ4v) is 6.58. The Kier molecular flexibility index (Phi) is 6.11. The van der Waals surface area contributed by atoms with Gasteiger partial charge in [-0.2, -0.15) is 0 Å². The van der Waals surface area contributed by atoms with Crippen LogP contribution in [0.5, 0.6) is 23.0 Å². The minimum Gasteiger partial charge on any atom is -0.507 e. The van der Waals surface area contributed by atoms with Gasteiger partial charge in [0.05, 0.1) is 16.3 Å². The molecule has 1 atom stereocenters. The molecule has 29 heavy (non-hydrogen) atoms. The summed E-state index contributed by atoms with van der Waals surface area (Å²) in [6.45, 7) is 0. The molecule has 3 aromatic carbocycles. The normalized spacial score (nSPS) is 14.7. The molecule has 0 bridgehead atoms. The highest BCUT2D eigenvalue weighted by molar-refractivity contribution is 14.1. The van der Waals surface area contributed by atoms with Gasteiger partial charge in [-0.1, -0.05) is 24.3 Å². The van der Waals surface area contributed by atoms with Gasteiger partial charge < -0.3 is 20.1 Å². The molecule has 5 nitrogen and oxygen atoms in total. The molecule has 1 unspecified atom stereocenters. The molecule has 1 aliphatic heterocycles. The summed E-state index contributed by atoms with van der Waals surface area (Å²) in [6, 6.07) is 10.3. The van der Waals surface area contributed by atoms with Crippen LogP contribution in [0.4, 0.5) is 0 Å². The van der Waals surface area contributed by atoms with Gasteiger partial charge in [-0.3, -0.25) is 0 Å².